The van der Waals surface area contributed by atoms with E-state index in [-0.39, 0.29) is 11.3 Å². The van der Waals surface area contributed by atoms with Gasteiger partial charge in [-0.25, -0.2) is 0 Å². The molecule has 0 bridgehead atoms. The summed E-state index contributed by atoms with van der Waals surface area (Å²) >= 11 is 1.83. The molecule has 1 amide bonds. The summed E-state index contributed by atoms with van der Waals surface area (Å²) in [6, 6.07) is 18.7. The molecule has 3 heteroatoms. The Morgan fingerprint density at radius 2 is 1.72 bits per heavy atom. The minimum absolute atomic E-state index is 0.0415. The third-order valence-corrected chi connectivity index (χ3v) is 4.89. The summed E-state index contributed by atoms with van der Waals surface area (Å²) in [6.45, 7) is 7.27. The number of hydrogen-bond acceptors (Lipinski definition) is 2. The highest BCUT2D eigenvalue weighted by Crippen LogP contribution is 2.22. The lowest BCUT2D eigenvalue weighted by molar-refractivity contribution is -0.116. The summed E-state index contributed by atoms with van der Waals surface area (Å²) in [4.78, 5) is 11.9. The van der Waals surface area contributed by atoms with Crippen LogP contribution in [0.4, 0.5) is 0 Å². The minimum atomic E-state index is -0.0415. The van der Waals surface area contributed by atoms with Gasteiger partial charge in [-0.15, -0.1) is 0 Å². The number of thioether (sulfide) groups is 1. The fraction of sp³-hybridized carbons (Fsp3) is 0.318. The molecule has 0 saturated carbocycles. The lowest BCUT2D eigenvalue weighted by atomic mass is 9.87. The molecule has 2 nitrogen and oxygen atoms in total. The summed E-state index contributed by atoms with van der Waals surface area (Å²) in [5, 5.41) is 2.93. The molecule has 132 valence electrons. The number of hydrogen-bond donors (Lipinski definition) is 1. The van der Waals surface area contributed by atoms with Crippen molar-refractivity contribution in [2.45, 2.75) is 31.9 Å². The highest BCUT2D eigenvalue weighted by Gasteiger charge is 2.12. The highest BCUT2D eigenvalue weighted by molar-refractivity contribution is 7.98. The molecule has 1 N–H and O–H groups in total. The molecule has 2 aromatic carbocycles. The normalized spacial score (nSPS) is 11.6. The Labute approximate surface area is 155 Å². The maximum atomic E-state index is 11.9. The van der Waals surface area contributed by atoms with E-state index in [0.717, 1.165) is 17.1 Å². The topological polar surface area (TPSA) is 29.1 Å². The van der Waals surface area contributed by atoms with Crippen LogP contribution >= 0.6 is 11.8 Å². The summed E-state index contributed by atoms with van der Waals surface area (Å²) < 4.78 is 0. The molecule has 0 radical (unpaired) electrons. The highest BCUT2D eigenvalue weighted by atomic mass is 32.2. The average molecular weight is 354 g/mol. The van der Waals surface area contributed by atoms with Crippen molar-refractivity contribution in [3.63, 3.8) is 0 Å². The largest absolute Gasteiger partial charge is 0.352 e. The number of carbonyl (C=O) groups excluding carboxylic acids is 1. The van der Waals surface area contributed by atoms with E-state index < -0.39 is 0 Å². The second-order valence-electron chi connectivity index (χ2n) is 7.03. The van der Waals surface area contributed by atoms with Gasteiger partial charge in [0.1, 0.15) is 0 Å². The molecule has 0 saturated heterocycles. The molecule has 2 aromatic rings. The second kappa shape index (κ2) is 9.47. The SMILES string of the molecule is CC(C)(C)c1ccc(C=CC(=O)NCCSCc2ccccc2)cc1. The van der Waals surface area contributed by atoms with Crippen LogP contribution < -0.4 is 5.32 Å². The van der Waals surface area contributed by atoms with E-state index in [1.807, 2.05) is 23.9 Å². The minimum Gasteiger partial charge on any atom is -0.352 e. The molecule has 2 rings (SSSR count). The van der Waals surface area contributed by atoms with Gasteiger partial charge in [-0.05, 0) is 28.2 Å². The Morgan fingerprint density at radius 3 is 2.36 bits per heavy atom. The van der Waals surface area contributed by atoms with E-state index in [9.17, 15) is 4.79 Å². The Kier molecular flexibility index (Phi) is 7.32. The van der Waals surface area contributed by atoms with Gasteiger partial charge in [0.2, 0.25) is 5.91 Å². The van der Waals surface area contributed by atoms with Gasteiger partial charge in [-0.2, -0.15) is 11.8 Å². The first-order valence-corrected chi connectivity index (χ1v) is 9.79. The lowest BCUT2D eigenvalue weighted by Crippen LogP contribution is -2.23. The number of benzene rings is 2. The zero-order valence-electron chi connectivity index (χ0n) is 15.3. The molecule has 0 aliphatic rings. The van der Waals surface area contributed by atoms with Crippen molar-refractivity contribution in [3.8, 4) is 0 Å². The zero-order valence-corrected chi connectivity index (χ0v) is 16.1. The maximum Gasteiger partial charge on any atom is 0.244 e. The first-order chi connectivity index (χ1) is 11.9. The summed E-state index contributed by atoms with van der Waals surface area (Å²) in [5.74, 6) is 1.85. The first-order valence-electron chi connectivity index (χ1n) is 8.63. The van der Waals surface area contributed by atoms with Crippen molar-refractivity contribution in [3.05, 3.63) is 77.4 Å². The van der Waals surface area contributed by atoms with Crippen molar-refractivity contribution in [2.75, 3.05) is 12.3 Å². The fourth-order valence-corrected chi connectivity index (χ4v) is 3.15. The van der Waals surface area contributed by atoms with Gasteiger partial charge >= 0.3 is 0 Å². The van der Waals surface area contributed by atoms with Crippen LogP contribution in [0.2, 0.25) is 0 Å². The van der Waals surface area contributed by atoms with E-state index in [0.29, 0.717) is 6.54 Å². The summed E-state index contributed by atoms with van der Waals surface area (Å²) in [5.41, 5.74) is 3.81. The molecule has 0 fully saturated rings. The first kappa shape index (κ1) is 19.3. The predicted molar refractivity (Wildman–Crippen MR) is 110 cm³/mol. The Hall–Kier alpha value is -2.00. The molecular formula is C22H27NOS. The second-order valence-corrected chi connectivity index (χ2v) is 8.14. The van der Waals surface area contributed by atoms with Crippen LogP contribution in [0, 0.1) is 0 Å². The summed E-state index contributed by atoms with van der Waals surface area (Å²) in [7, 11) is 0. The van der Waals surface area contributed by atoms with Gasteiger partial charge in [0.25, 0.3) is 0 Å². The van der Waals surface area contributed by atoms with Crippen molar-refractivity contribution >= 4 is 23.7 Å². The van der Waals surface area contributed by atoms with Crippen LogP contribution in [0.3, 0.4) is 0 Å². The zero-order chi connectivity index (χ0) is 18.1. The van der Waals surface area contributed by atoms with Gasteiger partial charge in [0, 0.05) is 24.1 Å². The van der Waals surface area contributed by atoms with E-state index >= 15 is 0 Å². The number of carbonyl (C=O) groups is 1. The Bertz CT molecular complexity index is 684. The van der Waals surface area contributed by atoms with Crippen molar-refractivity contribution < 1.29 is 4.79 Å². The number of amides is 1. The van der Waals surface area contributed by atoms with Crippen molar-refractivity contribution in [1.82, 2.24) is 5.32 Å². The van der Waals surface area contributed by atoms with Crippen LogP contribution in [-0.2, 0) is 16.0 Å². The van der Waals surface area contributed by atoms with Gasteiger partial charge in [0.15, 0.2) is 0 Å². The maximum absolute atomic E-state index is 11.9. The standard InChI is InChI=1S/C22H27NOS/c1-22(2,3)20-12-9-18(10-13-20)11-14-21(24)23-15-16-25-17-19-7-5-4-6-8-19/h4-14H,15-17H2,1-3H3,(H,23,24). The lowest BCUT2D eigenvalue weighted by Gasteiger charge is -2.18. The molecule has 0 aromatic heterocycles. The number of nitrogens with one attached hydrogen (secondary N) is 1. The van der Waals surface area contributed by atoms with E-state index in [1.54, 1.807) is 6.08 Å². The van der Waals surface area contributed by atoms with Crippen LogP contribution in [0.15, 0.2) is 60.7 Å². The Balaban J connectivity index is 1.68. The van der Waals surface area contributed by atoms with Crippen LogP contribution in [0.5, 0.6) is 0 Å². The van der Waals surface area contributed by atoms with Gasteiger partial charge in [0.05, 0.1) is 0 Å². The Morgan fingerprint density at radius 1 is 1.04 bits per heavy atom. The molecule has 25 heavy (non-hydrogen) atoms. The van der Waals surface area contributed by atoms with Crippen LogP contribution in [0.1, 0.15) is 37.5 Å². The molecular weight excluding hydrogens is 326 g/mol. The molecule has 0 spiro atoms. The van der Waals surface area contributed by atoms with Crippen LogP contribution in [-0.4, -0.2) is 18.2 Å². The van der Waals surface area contributed by atoms with E-state index in [4.69, 9.17) is 0 Å². The van der Waals surface area contributed by atoms with E-state index in [1.165, 1.54) is 11.1 Å². The fourth-order valence-electron chi connectivity index (χ4n) is 2.34. The van der Waals surface area contributed by atoms with Crippen LogP contribution in [0.25, 0.3) is 6.08 Å². The molecule has 0 aliphatic carbocycles. The molecule has 0 unspecified atom stereocenters. The third kappa shape index (κ3) is 7.18. The van der Waals surface area contributed by atoms with E-state index in [2.05, 4.69) is 74.6 Å². The average Bonchev–Trinajstić information content (AvgIpc) is 2.60. The monoisotopic (exact) mass is 353 g/mol. The van der Waals surface area contributed by atoms with Crippen molar-refractivity contribution in [2.24, 2.45) is 0 Å². The molecule has 0 aliphatic heterocycles. The number of rotatable bonds is 7. The quantitative estimate of drug-likeness (QED) is 0.558. The van der Waals surface area contributed by atoms with Gasteiger partial charge < -0.3 is 5.32 Å². The third-order valence-electron chi connectivity index (χ3n) is 3.86. The molecule has 0 heterocycles. The van der Waals surface area contributed by atoms with Gasteiger partial charge in [-0.3, -0.25) is 4.79 Å². The predicted octanol–water partition coefficient (Wildman–Crippen LogP) is 5.05. The summed E-state index contributed by atoms with van der Waals surface area (Å²) in [6.07, 6.45) is 3.47. The van der Waals surface area contributed by atoms with Crippen molar-refractivity contribution in [1.29, 1.82) is 0 Å². The molecule has 0 atom stereocenters. The smallest absolute Gasteiger partial charge is 0.244 e. The van der Waals surface area contributed by atoms with Gasteiger partial charge in [-0.1, -0.05) is 75.4 Å².